The third-order valence-corrected chi connectivity index (χ3v) is 6.66. The summed E-state index contributed by atoms with van der Waals surface area (Å²) in [6.07, 6.45) is 2.99. The monoisotopic (exact) mass is 407 g/mol. The van der Waals surface area contributed by atoms with E-state index in [4.69, 9.17) is 11.5 Å². The van der Waals surface area contributed by atoms with Crippen molar-refractivity contribution in [3.8, 4) is 0 Å². The molecule has 2 heterocycles. The molecule has 2 aromatic carbocycles. The molecular formula is C24H33N5O. The zero-order chi connectivity index (χ0) is 21.1. The van der Waals surface area contributed by atoms with Crippen LogP contribution in [-0.2, 0) is 0 Å². The molecule has 2 atom stereocenters. The maximum atomic E-state index is 13.6. The van der Waals surface area contributed by atoms with E-state index < -0.39 is 0 Å². The van der Waals surface area contributed by atoms with E-state index in [1.165, 1.54) is 5.56 Å². The van der Waals surface area contributed by atoms with Gasteiger partial charge in [-0.25, -0.2) is 4.79 Å². The lowest BCUT2D eigenvalue weighted by Gasteiger charge is -2.41. The van der Waals surface area contributed by atoms with Crippen molar-refractivity contribution in [3.63, 3.8) is 0 Å². The predicted octanol–water partition coefficient (Wildman–Crippen LogP) is 3.45. The number of anilines is 2. The van der Waals surface area contributed by atoms with Crippen LogP contribution in [-0.4, -0.2) is 54.1 Å². The van der Waals surface area contributed by atoms with Crippen molar-refractivity contribution < 1.29 is 4.79 Å². The lowest BCUT2D eigenvalue weighted by molar-refractivity contribution is 0.0941. The molecule has 2 aliphatic heterocycles. The van der Waals surface area contributed by atoms with Gasteiger partial charge in [0.25, 0.3) is 0 Å². The Hall–Kier alpha value is -2.57. The number of nitrogens with two attached hydrogens (primary N) is 2. The molecule has 0 bridgehead atoms. The predicted molar refractivity (Wildman–Crippen MR) is 122 cm³/mol. The van der Waals surface area contributed by atoms with Crippen molar-refractivity contribution in [2.45, 2.75) is 44.3 Å². The van der Waals surface area contributed by atoms with Crippen LogP contribution in [0, 0.1) is 0 Å². The topological polar surface area (TPSA) is 78.8 Å². The van der Waals surface area contributed by atoms with Gasteiger partial charge >= 0.3 is 6.03 Å². The van der Waals surface area contributed by atoms with Crippen LogP contribution in [0.25, 0.3) is 0 Å². The number of urea groups is 1. The first-order chi connectivity index (χ1) is 14.6. The van der Waals surface area contributed by atoms with Crippen molar-refractivity contribution in [3.05, 3.63) is 60.2 Å². The van der Waals surface area contributed by atoms with Gasteiger partial charge in [-0.1, -0.05) is 42.5 Å². The molecule has 6 heteroatoms. The highest BCUT2D eigenvalue weighted by molar-refractivity contribution is 5.97. The summed E-state index contributed by atoms with van der Waals surface area (Å²) in [5.41, 5.74) is 14.6. The Bertz CT molecular complexity index is 850. The molecule has 0 spiro atoms. The summed E-state index contributed by atoms with van der Waals surface area (Å²) in [6.45, 7) is 5.60. The van der Waals surface area contributed by atoms with Crippen LogP contribution >= 0.6 is 0 Å². The van der Waals surface area contributed by atoms with E-state index in [-0.39, 0.29) is 18.1 Å². The van der Waals surface area contributed by atoms with Crippen molar-refractivity contribution in [1.29, 1.82) is 0 Å². The molecule has 2 aromatic rings. The Kier molecular flexibility index (Phi) is 6.25. The van der Waals surface area contributed by atoms with Gasteiger partial charge in [0.2, 0.25) is 0 Å². The Morgan fingerprint density at radius 3 is 2.37 bits per heavy atom. The quantitative estimate of drug-likeness (QED) is 0.719. The van der Waals surface area contributed by atoms with Crippen molar-refractivity contribution >= 4 is 17.4 Å². The van der Waals surface area contributed by atoms with Gasteiger partial charge in [-0.05, 0) is 50.4 Å². The number of carbonyl (C=O) groups excluding carboxylic acids is 1. The Balaban J connectivity index is 1.58. The van der Waals surface area contributed by atoms with Crippen LogP contribution < -0.4 is 16.4 Å². The number of piperidine rings is 1. The second-order valence-corrected chi connectivity index (χ2v) is 8.48. The van der Waals surface area contributed by atoms with Crippen molar-refractivity contribution in [2.75, 3.05) is 36.8 Å². The molecule has 4 N–H and O–H groups in total. The largest absolute Gasteiger partial charge is 0.397 e. The van der Waals surface area contributed by atoms with Gasteiger partial charge in [0.15, 0.2) is 0 Å². The fraction of sp³-hybridized carbons (Fsp3) is 0.458. The molecule has 1 unspecified atom stereocenters. The summed E-state index contributed by atoms with van der Waals surface area (Å²) in [7, 11) is 0. The number of nitrogen functional groups attached to an aromatic ring is 1. The van der Waals surface area contributed by atoms with Gasteiger partial charge in [-0.15, -0.1) is 0 Å². The first-order valence-electron chi connectivity index (χ1n) is 11.0. The van der Waals surface area contributed by atoms with Crippen molar-refractivity contribution in [2.24, 2.45) is 5.73 Å². The van der Waals surface area contributed by atoms with Gasteiger partial charge in [-0.3, -0.25) is 4.90 Å². The Morgan fingerprint density at radius 2 is 1.70 bits per heavy atom. The number of nitrogens with zero attached hydrogens (tertiary/aromatic N) is 3. The lowest BCUT2D eigenvalue weighted by atomic mass is 9.98. The van der Waals surface area contributed by atoms with Crippen LogP contribution in [0.2, 0.25) is 0 Å². The summed E-state index contributed by atoms with van der Waals surface area (Å²) in [4.78, 5) is 20.1. The molecule has 2 fully saturated rings. The number of rotatable bonds is 6. The molecular weight excluding hydrogens is 374 g/mol. The zero-order valence-electron chi connectivity index (χ0n) is 17.8. The van der Waals surface area contributed by atoms with Crippen LogP contribution in [0.15, 0.2) is 54.6 Å². The second kappa shape index (κ2) is 9.06. The van der Waals surface area contributed by atoms with E-state index >= 15 is 0 Å². The average Bonchev–Trinajstić information content (AvgIpc) is 3.12. The summed E-state index contributed by atoms with van der Waals surface area (Å²) in [6, 6.07) is 18.9. The first kappa shape index (κ1) is 20.7. The average molecular weight is 408 g/mol. The summed E-state index contributed by atoms with van der Waals surface area (Å²) in [5.74, 6) is 0. The summed E-state index contributed by atoms with van der Waals surface area (Å²) >= 11 is 0. The highest BCUT2D eigenvalue weighted by atomic mass is 16.2. The number of hydrogen-bond acceptors (Lipinski definition) is 4. The third-order valence-electron chi connectivity index (χ3n) is 6.66. The highest BCUT2D eigenvalue weighted by Crippen LogP contribution is 2.38. The molecule has 30 heavy (non-hydrogen) atoms. The van der Waals surface area contributed by atoms with Gasteiger partial charge in [0, 0.05) is 25.2 Å². The van der Waals surface area contributed by atoms with Crippen LogP contribution in [0.3, 0.4) is 0 Å². The minimum Gasteiger partial charge on any atom is -0.397 e. The maximum Gasteiger partial charge on any atom is 0.325 e. The molecule has 0 aromatic heterocycles. The zero-order valence-corrected chi connectivity index (χ0v) is 17.8. The van der Waals surface area contributed by atoms with E-state index in [0.717, 1.165) is 44.6 Å². The number of likely N-dealkylation sites (tertiary alicyclic amines) is 1. The molecule has 0 radical (unpaired) electrons. The molecule has 6 nitrogen and oxygen atoms in total. The number of para-hydroxylation sites is 2. The molecule has 160 valence electrons. The minimum atomic E-state index is 0.0383. The van der Waals surface area contributed by atoms with E-state index in [9.17, 15) is 4.79 Å². The first-order valence-corrected chi connectivity index (χ1v) is 11.0. The Morgan fingerprint density at radius 1 is 1.03 bits per heavy atom. The molecule has 0 aliphatic carbocycles. The van der Waals surface area contributed by atoms with Gasteiger partial charge in [-0.2, -0.15) is 0 Å². The molecule has 0 saturated carbocycles. The molecule has 2 aliphatic rings. The Labute approximate surface area is 179 Å². The van der Waals surface area contributed by atoms with Crippen molar-refractivity contribution in [1.82, 2.24) is 9.80 Å². The number of carbonyl (C=O) groups is 1. The highest BCUT2D eigenvalue weighted by Gasteiger charge is 2.43. The van der Waals surface area contributed by atoms with Crippen LogP contribution in [0.1, 0.15) is 37.8 Å². The number of hydrogen-bond donors (Lipinski definition) is 2. The fourth-order valence-corrected chi connectivity index (χ4v) is 4.93. The molecule has 4 rings (SSSR count). The number of benzene rings is 2. The second-order valence-electron chi connectivity index (χ2n) is 8.48. The lowest BCUT2D eigenvalue weighted by Crippen LogP contribution is -2.49. The SMILES string of the molecule is CC(CCN)N1CCC(N2C(=O)N(c3ccccc3N)C[C@H]2c2ccccc2)CC1. The minimum absolute atomic E-state index is 0.0383. The standard InChI is InChI=1S/C24H33N5O/c1-18(11-14-25)27-15-12-20(13-16-27)29-23(19-7-3-2-4-8-19)17-28(24(29)30)22-10-6-5-9-21(22)26/h2-10,18,20,23H,11-17,25-26H2,1H3/t18?,23-/m0/s1. The number of amides is 2. The van der Waals surface area contributed by atoms with Gasteiger partial charge in [0.05, 0.1) is 24.0 Å². The molecule has 2 saturated heterocycles. The van der Waals surface area contributed by atoms with Gasteiger partial charge in [0.1, 0.15) is 0 Å². The van der Waals surface area contributed by atoms with E-state index in [1.807, 2.05) is 35.2 Å². The van der Waals surface area contributed by atoms with E-state index in [0.29, 0.717) is 18.3 Å². The van der Waals surface area contributed by atoms with Crippen LogP contribution in [0.5, 0.6) is 0 Å². The fourth-order valence-electron chi connectivity index (χ4n) is 4.93. The van der Waals surface area contributed by atoms with E-state index in [1.54, 1.807) is 0 Å². The molecule has 2 amide bonds. The summed E-state index contributed by atoms with van der Waals surface area (Å²) < 4.78 is 0. The van der Waals surface area contributed by atoms with Gasteiger partial charge < -0.3 is 21.3 Å². The third kappa shape index (κ3) is 4.02. The normalized spacial score (nSPS) is 21.9. The maximum absolute atomic E-state index is 13.6. The van der Waals surface area contributed by atoms with Crippen LogP contribution in [0.4, 0.5) is 16.2 Å². The summed E-state index contributed by atoms with van der Waals surface area (Å²) in [5, 5.41) is 0. The smallest absolute Gasteiger partial charge is 0.325 e. The van der Waals surface area contributed by atoms with E-state index in [2.05, 4.69) is 41.0 Å².